The molecule has 0 bridgehead atoms. The highest BCUT2D eigenvalue weighted by molar-refractivity contribution is 6.32. The van der Waals surface area contributed by atoms with Crippen LogP contribution >= 0.6 is 11.6 Å². The van der Waals surface area contributed by atoms with Gasteiger partial charge in [-0.1, -0.05) is 48.0 Å². The molecule has 42 heavy (non-hydrogen) atoms. The number of rotatable bonds is 10. The van der Waals surface area contributed by atoms with Crippen LogP contribution in [0, 0.1) is 17.1 Å². The molecule has 3 aromatic carbocycles. The number of imidazole rings is 1. The number of benzene rings is 3. The zero-order valence-corrected chi connectivity index (χ0v) is 23.4. The second-order valence-corrected chi connectivity index (χ2v) is 10.5. The van der Waals surface area contributed by atoms with E-state index in [1.54, 1.807) is 36.9 Å². The summed E-state index contributed by atoms with van der Waals surface area (Å²) in [4.78, 5) is 11.3. The fraction of sp³-hybridized carbons (Fsp3) is 0.182. The molecule has 2 N–H and O–H groups in total. The van der Waals surface area contributed by atoms with E-state index in [4.69, 9.17) is 21.1 Å². The molecule has 210 valence electrons. The summed E-state index contributed by atoms with van der Waals surface area (Å²) < 4.78 is 27.4. The first kappa shape index (κ1) is 27.5. The van der Waals surface area contributed by atoms with Gasteiger partial charge < -0.3 is 19.8 Å². The number of hydrogen-bond acceptors (Lipinski definition) is 6. The molecule has 1 aliphatic carbocycles. The van der Waals surface area contributed by atoms with Crippen LogP contribution in [0.4, 0.5) is 4.39 Å². The van der Waals surface area contributed by atoms with Crippen molar-refractivity contribution in [1.82, 2.24) is 20.3 Å². The largest absolute Gasteiger partial charge is 0.488 e. The molecule has 0 fully saturated rings. The van der Waals surface area contributed by atoms with E-state index in [0.29, 0.717) is 40.7 Å². The SMILES string of the molecule is N#Cc1cncc(COc2cc(OC3CCc4c(-c5ccccc5F)cccc43)c(Cl)cc2CNCc2cnc[nH]2)c1. The number of aromatic nitrogens is 3. The third-order valence-electron chi connectivity index (χ3n) is 7.27. The van der Waals surface area contributed by atoms with Crippen LogP contribution in [0.25, 0.3) is 11.1 Å². The van der Waals surface area contributed by atoms with E-state index in [9.17, 15) is 9.65 Å². The van der Waals surface area contributed by atoms with Gasteiger partial charge in [0, 0.05) is 60.1 Å². The Bertz CT molecular complexity index is 1750. The molecule has 6 rings (SSSR count). The first-order valence-electron chi connectivity index (χ1n) is 13.6. The lowest BCUT2D eigenvalue weighted by molar-refractivity contribution is 0.206. The van der Waals surface area contributed by atoms with Gasteiger partial charge in [-0.2, -0.15) is 5.26 Å². The molecule has 0 saturated carbocycles. The van der Waals surface area contributed by atoms with E-state index in [0.717, 1.165) is 46.4 Å². The van der Waals surface area contributed by atoms with Crippen molar-refractivity contribution in [2.45, 2.75) is 38.6 Å². The average molecular weight is 580 g/mol. The van der Waals surface area contributed by atoms with Crippen LogP contribution in [0.5, 0.6) is 11.5 Å². The Labute approximate surface area is 247 Å². The van der Waals surface area contributed by atoms with Crippen molar-refractivity contribution >= 4 is 11.6 Å². The highest BCUT2D eigenvalue weighted by Gasteiger charge is 2.28. The molecule has 1 unspecified atom stereocenters. The van der Waals surface area contributed by atoms with Crippen LogP contribution in [0.1, 0.15) is 46.0 Å². The molecule has 2 aromatic heterocycles. The molecule has 9 heteroatoms. The lowest BCUT2D eigenvalue weighted by Crippen LogP contribution is -2.14. The van der Waals surface area contributed by atoms with Gasteiger partial charge in [0.2, 0.25) is 0 Å². The predicted molar refractivity (Wildman–Crippen MR) is 157 cm³/mol. The quantitative estimate of drug-likeness (QED) is 0.184. The van der Waals surface area contributed by atoms with E-state index in [-0.39, 0.29) is 18.5 Å². The van der Waals surface area contributed by atoms with Crippen LogP contribution in [-0.2, 0) is 26.1 Å². The summed E-state index contributed by atoms with van der Waals surface area (Å²) in [6, 6.07) is 20.3. The van der Waals surface area contributed by atoms with E-state index in [1.165, 1.54) is 12.3 Å². The first-order valence-corrected chi connectivity index (χ1v) is 14.0. The number of nitriles is 1. The topological polar surface area (TPSA) is 95.8 Å². The minimum Gasteiger partial charge on any atom is -0.488 e. The van der Waals surface area contributed by atoms with Crippen LogP contribution < -0.4 is 14.8 Å². The average Bonchev–Trinajstić information content (AvgIpc) is 3.68. The van der Waals surface area contributed by atoms with Gasteiger partial charge in [-0.05, 0) is 47.7 Å². The summed E-state index contributed by atoms with van der Waals surface area (Å²) >= 11 is 6.77. The first-order chi connectivity index (χ1) is 20.6. The van der Waals surface area contributed by atoms with Gasteiger partial charge in [0.25, 0.3) is 0 Å². The van der Waals surface area contributed by atoms with Crippen molar-refractivity contribution in [2.75, 3.05) is 0 Å². The molecular formula is C33H27ClFN5O2. The number of pyridine rings is 1. The summed E-state index contributed by atoms with van der Waals surface area (Å²) in [6.45, 7) is 1.30. The van der Waals surface area contributed by atoms with Gasteiger partial charge in [-0.15, -0.1) is 0 Å². The number of nitrogens with zero attached hydrogens (tertiary/aromatic N) is 3. The minimum absolute atomic E-state index is 0.218. The van der Waals surface area contributed by atoms with Gasteiger partial charge in [0.1, 0.15) is 36.1 Å². The Morgan fingerprint density at radius 1 is 1.00 bits per heavy atom. The molecule has 7 nitrogen and oxygen atoms in total. The normalized spacial score (nSPS) is 13.9. The van der Waals surface area contributed by atoms with Gasteiger partial charge in [0.05, 0.1) is 16.9 Å². The maximum absolute atomic E-state index is 14.6. The lowest BCUT2D eigenvalue weighted by atomic mass is 9.96. The molecule has 0 radical (unpaired) electrons. The molecule has 5 aromatic rings. The molecule has 1 aliphatic rings. The summed E-state index contributed by atoms with van der Waals surface area (Å²) in [7, 11) is 0. The number of aromatic amines is 1. The third-order valence-corrected chi connectivity index (χ3v) is 7.56. The number of nitrogens with one attached hydrogen (secondary N) is 2. The van der Waals surface area contributed by atoms with Crippen LogP contribution in [0.15, 0.2) is 85.6 Å². The van der Waals surface area contributed by atoms with Gasteiger partial charge in [0.15, 0.2) is 0 Å². The number of halogens is 2. The van der Waals surface area contributed by atoms with Crippen LogP contribution in [-0.4, -0.2) is 15.0 Å². The van der Waals surface area contributed by atoms with Crippen molar-refractivity contribution in [3.05, 3.63) is 130 Å². The third kappa shape index (κ3) is 5.98. The zero-order valence-electron chi connectivity index (χ0n) is 22.6. The second-order valence-electron chi connectivity index (χ2n) is 10.1. The van der Waals surface area contributed by atoms with Crippen molar-refractivity contribution < 1.29 is 13.9 Å². The van der Waals surface area contributed by atoms with Crippen molar-refractivity contribution in [3.63, 3.8) is 0 Å². The van der Waals surface area contributed by atoms with Crippen LogP contribution in [0.3, 0.4) is 0 Å². The van der Waals surface area contributed by atoms with Crippen molar-refractivity contribution in [3.8, 4) is 28.7 Å². The summed E-state index contributed by atoms with van der Waals surface area (Å²) in [6.07, 6.45) is 7.86. The van der Waals surface area contributed by atoms with Crippen LogP contribution in [0.2, 0.25) is 5.02 Å². The number of ether oxygens (including phenoxy) is 2. The lowest BCUT2D eigenvalue weighted by Gasteiger charge is -2.20. The number of fused-ring (bicyclic) bond motifs is 1. The fourth-order valence-electron chi connectivity index (χ4n) is 5.26. The molecule has 1 atom stereocenters. The molecule has 0 aliphatic heterocycles. The Morgan fingerprint density at radius 2 is 1.88 bits per heavy atom. The van der Waals surface area contributed by atoms with Crippen molar-refractivity contribution in [2.24, 2.45) is 0 Å². The highest BCUT2D eigenvalue weighted by Crippen LogP contribution is 2.43. The van der Waals surface area contributed by atoms with E-state index < -0.39 is 0 Å². The van der Waals surface area contributed by atoms with Crippen molar-refractivity contribution in [1.29, 1.82) is 5.26 Å². The summed E-state index contributed by atoms with van der Waals surface area (Å²) in [5.74, 6) is 0.863. The standard InChI is InChI=1S/C33H27ClFN5O2/c34-29-11-23(16-38-17-24-18-39-20-40-24)32(41-19-22-10-21(13-36)14-37-15-22)12-33(29)42-31-9-8-26-25(5-3-6-28(26)31)27-4-1-2-7-30(27)35/h1-7,10-12,14-15,18,20,31,38H,8-9,16-17,19H2,(H,39,40). The Hall–Kier alpha value is -4.71. The van der Waals surface area contributed by atoms with E-state index in [1.807, 2.05) is 36.4 Å². The zero-order chi connectivity index (χ0) is 28.9. The number of H-pyrrole nitrogens is 1. The maximum Gasteiger partial charge on any atom is 0.142 e. The Balaban J connectivity index is 1.26. The molecule has 2 heterocycles. The molecule has 0 spiro atoms. The highest BCUT2D eigenvalue weighted by atomic mass is 35.5. The minimum atomic E-state index is -0.243. The van der Waals surface area contributed by atoms with Gasteiger partial charge >= 0.3 is 0 Å². The smallest absolute Gasteiger partial charge is 0.142 e. The number of hydrogen-bond donors (Lipinski definition) is 2. The second kappa shape index (κ2) is 12.4. The maximum atomic E-state index is 14.6. The molecule has 0 amide bonds. The molecule has 0 saturated heterocycles. The van der Waals surface area contributed by atoms with E-state index in [2.05, 4.69) is 26.3 Å². The Morgan fingerprint density at radius 3 is 2.71 bits per heavy atom. The summed E-state index contributed by atoms with van der Waals surface area (Å²) in [5.41, 5.74) is 6.64. The van der Waals surface area contributed by atoms with E-state index >= 15 is 0 Å². The summed E-state index contributed by atoms with van der Waals surface area (Å²) in [5, 5.41) is 13.1. The predicted octanol–water partition coefficient (Wildman–Crippen LogP) is 7.07. The Kier molecular flexibility index (Phi) is 8.13. The fourth-order valence-corrected chi connectivity index (χ4v) is 5.50. The van der Waals surface area contributed by atoms with Gasteiger partial charge in [-0.3, -0.25) is 4.98 Å². The molecular weight excluding hydrogens is 553 g/mol. The van der Waals surface area contributed by atoms with Gasteiger partial charge in [-0.25, -0.2) is 9.37 Å². The monoisotopic (exact) mass is 579 g/mol.